The summed E-state index contributed by atoms with van der Waals surface area (Å²) >= 11 is 0. The average Bonchev–Trinajstić information content (AvgIpc) is 2.63. The molecule has 2 rings (SSSR count). The second-order valence-electron chi connectivity index (χ2n) is 3.56. The van der Waals surface area contributed by atoms with Crippen molar-refractivity contribution in [2.45, 2.75) is 13.8 Å². The Bertz CT molecular complexity index is 534. The van der Waals surface area contributed by atoms with Gasteiger partial charge < -0.3 is 4.98 Å². The average molecular weight is 199 g/mol. The summed E-state index contributed by atoms with van der Waals surface area (Å²) in [7, 11) is 0. The zero-order valence-corrected chi connectivity index (χ0v) is 8.87. The molecule has 0 saturated heterocycles. The van der Waals surface area contributed by atoms with Crippen molar-refractivity contribution < 1.29 is 4.79 Å². The molecule has 0 aliphatic heterocycles. The van der Waals surface area contributed by atoms with Gasteiger partial charge in [0.1, 0.15) is 0 Å². The monoisotopic (exact) mass is 199 g/mol. The molecule has 1 aromatic carbocycles. The number of rotatable bonds is 2. The highest BCUT2D eigenvalue weighted by Gasteiger charge is 2.09. The molecule has 1 N–H and O–H groups in total. The predicted octanol–water partition coefficient (Wildman–Crippen LogP) is 3.24. The predicted molar refractivity (Wildman–Crippen MR) is 62.2 cm³/mol. The van der Waals surface area contributed by atoms with Gasteiger partial charge in [0.25, 0.3) is 0 Å². The Morgan fingerprint density at radius 3 is 2.93 bits per heavy atom. The molecule has 1 aromatic heterocycles. The molecule has 0 unspecified atom stereocenters. The molecule has 2 heteroatoms. The van der Waals surface area contributed by atoms with Crippen molar-refractivity contribution in [3.8, 4) is 0 Å². The van der Waals surface area contributed by atoms with E-state index in [1.165, 1.54) is 0 Å². The molecule has 0 aliphatic rings. The summed E-state index contributed by atoms with van der Waals surface area (Å²) in [6.07, 6.45) is 5.13. The van der Waals surface area contributed by atoms with E-state index in [1.54, 1.807) is 18.3 Å². The fourth-order valence-electron chi connectivity index (χ4n) is 1.75. The van der Waals surface area contributed by atoms with E-state index in [0.29, 0.717) is 0 Å². The molecule has 0 atom stereocenters. The van der Waals surface area contributed by atoms with Crippen LogP contribution in [0, 0.1) is 6.92 Å². The second-order valence-corrected chi connectivity index (χ2v) is 3.56. The largest absolute Gasteiger partial charge is 0.360 e. The van der Waals surface area contributed by atoms with Crippen LogP contribution in [-0.4, -0.2) is 10.8 Å². The van der Waals surface area contributed by atoms with Crippen molar-refractivity contribution in [2.24, 2.45) is 0 Å². The van der Waals surface area contributed by atoms with Gasteiger partial charge >= 0.3 is 0 Å². The summed E-state index contributed by atoms with van der Waals surface area (Å²) in [4.78, 5) is 14.9. The second kappa shape index (κ2) is 3.73. The number of carbonyl (C=O) groups excluding carboxylic acids is 1. The number of nitrogens with one attached hydrogen (secondary N) is 1. The molecule has 0 fully saturated rings. The molecule has 15 heavy (non-hydrogen) atoms. The smallest absolute Gasteiger partial charge is 0.187 e. The van der Waals surface area contributed by atoms with Gasteiger partial charge in [-0.15, -0.1) is 0 Å². The molecular formula is C13H13NO. The maximum atomic E-state index is 11.7. The van der Waals surface area contributed by atoms with Gasteiger partial charge in [0.05, 0.1) is 0 Å². The minimum absolute atomic E-state index is 0.0503. The summed E-state index contributed by atoms with van der Waals surface area (Å²) in [6, 6.07) is 5.97. The summed E-state index contributed by atoms with van der Waals surface area (Å²) in [5.74, 6) is 0.0503. The number of aryl methyl sites for hydroxylation is 1. The van der Waals surface area contributed by atoms with Gasteiger partial charge in [-0.3, -0.25) is 4.79 Å². The molecule has 76 valence electrons. The Hall–Kier alpha value is -1.83. The first-order chi connectivity index (χ1) is 7.24. The van der Waals surface area contributed by atoms with Crippen LogP contribution in [0.4, 0.5) is 0 Å². The molecule has 0 radical (unpaired) electrons. The van der Waals surface area contributed by atoms with Gasteiger partial charge in [-0.05, 0) is 25.5 Å². The minimum atomic E-state index is 0.0503. The first-order valence-corrected chi connectivity index (χ1v) is 4.97. The van der Waals surface area contributed by atoms with Gasteiger partial charge in [0.2, 0.25) is 0 Å². The highest BCUT2D eigenvalue weighted by Crippen LogP contribution is 2.21. The van der Waals surface area contributed by atoms with E-state index in [-0.39, 0.29) is 5.78 Å². The van der Waals surface area contributed by atoms with Crippen molar-refractivity contribution in [3.05, 3.63) is 47.7 Å². The molecule has 2 nitrogen and oxygen atoms in total. The molecule has 0 spiro atoms. The number of H-pyrrole nitrogens is 1. The summed E-state index contributed by atoms with van der Waals surface area (Å²) < 4.78 is 0. The van der Waals surface area contributed by atoms with E-state index >= 15 is 0 Å². The first-order valence-electron chi connectivity index (χ1n) is 4.97. The van der Waals surface area contributed by atoms with Gasteiger partial charge in [0.15, 0.2) is 5.78 Å². The Labute approximate surface area is 88.6 Å². The van der Waals surface area contributed by atoms with Crippen LogP contribution < -0.4 is 0 Å². The molecule has 0 amide bonds. The zero-order valence-electron chi connectivity index (χ0n) is 8.87. The van der Waals surface area contributed by atoms with E-state index in [9.17, 15) is 4.79 Å². The topological polar surface area (TPSA) is 32.9 Å². The van der Waals surface area contributed by atoms with E-state index in [0.717, 1.165) is 22.0 Å². The Morgan fingerprint density at radius 1 is 1.40 bits per heavy atom. The Kier molecular flexibility index (Phi) is 2.42. The third-order valence-electron chi connectivity index (χ3n) is 2.51. The molecule has 2 aromatic rings. The molecule has 0 bridgehead atoms. The van der Waals surface area contributed by atoms with Crippen molar-refractivity contribution in [3.63, 3.8) is 0 Å². The highest BCUT2D eigenvalue weighted by atomic mass is 16.1. The first kappa shape index (κ1) is 9.71. The fraction of sp³-hybridized carbons (Fsp3) is 0.154. The van der Waals surface area contributed by atoms with Gasteiger partial charge in [-0.1, -0.05) is 24.3 Å². The SMILES string of the molecule is C/C=C/C(=O)c1c[nH]c2c(C)cccc12. The lowest BCUT2D eigenvalue weighted by atomic mass is 10.1. The molecular weight excluding hydrogens is 186 g/mol. The standard InChI is InChI=1S/C13H13NO/c1-3-5-12(15)11-8-14-13-9(2)6-4-7-10(11)13/h3-8,14H,1-2H3/b5-3+. The van der Waals surface area contributed by atoms with Crippen molar-refractivity contribution >= 4 is 16.7 Å². The van der Waals surface area contributed by atoms with Crippen LogP contribution in [-0.2, 0) is 0 Å². The van der Waals surface area contributed by atoms with Crippen LogP contribution in [0.5, 0.6) is 0 Å². The van der Waals surface area contributed by atoms with Crippen molar-refractivity contribution in [1.29, 1.82) is 0 Å². The van der Waals surface area contributed by atoms with E-state index in [1.807, 2.05) is 32.0 Å². The number of benzene rings is 1. The van der Waals surface area contributed by atoms with Crippen LogP contribution in [0.1, 0.15) is 22.8 Å². The summed E-state index contributed by atoms with van der Waals surface area (Å²) in [6.45, 7) is 3.88. The molecule has 1 heterocycles. The van der Waals surface area contributed by atoms with Gasteiger partial charge in [-0.2, -0.15) is 0 Å². The zero-order chi connectivity index (χ0) is 10.8. The number of ketones is 1. The highest BCUT2D eigenvalue weighted by molar-refractivity contribution is 6.13. The van der Waals surface area contributed by atoms with E-state index in [4.69, 9.17) is 0 Å². The van der Waals surface area contributed by atoms with Crippen LogP contribution >= 0.6 is 0 Å². The third kappa shape index (κ3) is 1.59. The molecule has 0 aliphatic carbocycles. The number of hydrogen-bond acceptors (Lipinski definition) is 1. The number of aromatic amines is 1. The van der Waals surface area contributed by atoms with Crippen LogP contribution in [0.25, 0.3) is 10.9 Å². The van der Waals surface area contributed by atoms with Gasteiger partial charge in [0, 0.05) is 22.7 Å². The summed E-state index contributed by atoms with van der Waals surface area (Å²) in [5, 5.41) is 0.998. The molecule has 0 saturated carbocycles. The number of allylic oxidation sites excluding steroid dienone is 2. The summed E-state index contributed by atoms with van der Waals surface area (Å²) in [5.41, 5.74) is 2.95. The van der Waals surface area contributed by atoms with E-state index in [2.05, 4.69) is 4.98 Å². The van der Waals surface area contributed by atoms with Crippen LogP contribution in [0.3, 0.4) is 0 Å². The minimum Gasteiger partial charge on any atom is -0.360 e. The maximum Gasteiger partial charge on any atom is 0.187 e. The normalized spacial score (nSPS) is 11.3. The number of para-hydroxylation sites is 1. The van der Waals surface area contributed by atoms with Gasteiger partial charge in [-0.25, -0.2) is 0 Å². The van der Waals surface area contributed by atoms with Crippen LogP contribution in [0.15, 0.2) is 36.5 Å². The quantitative estimate of drug-likeness (QED) is 0.584. The van der Waals surface area contributed by atoms with E-state index < -0.39 is 0 Å². The third-order valence-corrected chi connectivity index (χ3v) is 2.51. The lowest BCUT2D eigenvalue weighted by Crippen LogP contribution is -1.91. The Morgan fingerprint density at radius 2 is 2.20 bits per heavy atom. The maximum absolute atomic E-state index is 11.7. The number of fused-ring (bicyclic) bond motifs is 1. The fourth-order valence-corrected chi connectivity index (χ4v) is 1.75. The van der Waals surface area contributed by atoms with Crippen molar-refractivity contribution in [1.82, 2.24) is 4.98 Å². The number of aromatic nitrogens is 1. The Balaban J connectivity index is 2.64. The lowest BCUT2D eigenvalue weighted by Gasteiger charge is -1.96. The number of carbonyl (C=O) groups is 1. The lowest BCUT2D eigenvalue weighted by molar-refractivity contribution is 0.104. The van der Waals surface area contributed by atoms with Crippen LogP contribution in [0.2, 0.25) is 0 Å². The van der Waals surface area contributed by atoms with Crippen molar-refractivity contribution in [2.75, 3.05) is 0 Å². The number of hydrogen-bond donors (Lipinski definition) is 1.